The minimum atomic E-state index is 0.279. The van der Waals surface area contributed by atoms with E-state index in [1.807, 2.05) is 0 Å². The van der Waals surface area contributed by atoms with E-state index in [-0.39, 0.29) is 6.04 Å². The Labute approximate surface area is 133 Å². The number of rotatable bonds is 6. The van der Waals surface area contributed by atoms with Crippen LogP contribution in [0.15, 0.2) is 34.1 Å². The number of ether oxygens (including phenoxy) is 1. The molecular formula is C16H20BrNOS. The van der Waals surface area contributed by atoms with Crippen molar-refractivity contribution >= 4 is 27.3 Å². The molecular weight excluding hydrogens is 334 g/mol. The fraction of sp³-hybridized carbons (Fsp3) is 0.375. The van der Waals surface area contributed by atoms with Crippen LogP contribution in [0.3, 0.4) is 0 Å². The van der Waals surface area contributed by atoms with Crippen LogP contribution in [0.25, 0.3) is 0 Å². The quantitative estimate of drug-likeness (QED) is 0.810. The molecule has 2 aromatic rings. The first-order valence-corrected chi connectivity index (χ1v) is 8.42. The van der Waals surface area contributed by atoms with Crippen molar-refractivity contribution in [2.24, 2.45) is 0 Å². The third-order valence-electron chi connectivity index (χ3n) is 3.24. The first kappa shape index (κ1) is 15.5. The predicted octanol–water partition coefficient (Wildman–Crippen LogP) is 4.72. The van der Waals surface area contributed by atoms with Crippen molar-refractivity contribution in [2.75, 3.05) is 13.7 Å². The fourth-order valence-electron chi connectivity index (χ4n) is 2.31. The largest absolute Gasteiger partial charge is 0.496 e. The van der Waals surface area contributed by atoms with Crippen molar-refractivity contribution in [3.8, 4) is 5.75 Å². The normalized spacial score (nSPS) is 12.4. The molecule has 0 fully saturated rings. The van der Waals surface area contributed by atoms with Crippen LogP contribution in [0.5, 0.6) is 5.75 Å². The molecule has 0 spiro atoms. The van der Waals surface area contributed by atoms with Crippen molar-refractivity contribution in [1.29, 1.82) is 0 Å². The van der Waals surface area contributed by atoms with Crippen molar-refractivity contribution in [3.63, 3.8) is 0 Å². The summed E-state index contributed by atoms with van der Waals surface area (Å²) in [5, 5.41) is 5.69. The molecule has 0 bridgehead atoms. The van der Waals surface area contributed by atoms with E-state index in [4.69, 9.17) is 4.74 Å². The SMILES string of the molecule is CCNC(Cc1cc(Br)cs1)c1ccc(C)cc1OC. The van der Waals surface area contributed by atoms with Crippen molar-refractivity contribution < 1.29 is 4.74 Å². The second-order valence-electron chi connectivity index (χ2n) is 4.79. The van der Waals surface area contributed by atoms with Gasteiger partial charge in [-0.2, -0.15) is 0 Å². The number of thiophene rings is 1. The monoisotopic (exact) mass is 353 g/mol. The van der Waals surface area contributed by atoms with Crippen LogP contribution in [0.4, 0.5) is 0 Å². The zero-order valence-corrected chi connectivity index (χ0v) is 14.5. The van der Waals surface area contributed by atoms with Crippen LogP contribution >= 0.6 is 27.3 Å². The maximum atomic E-state index is 5.55. The summed E-state index contributed by atoms with van der Waals surface area (Å²) in [6, 6.07) is 8.89. The third-order valence-corrected chi connectivity index (χ3v) is 4.96. The van der Waals surface area contributed by atoms with Gasteiger partial charge in [-0.15, -0.1) is 11.3 Å². The van der Waals surface area contributed by atoms with Crippen molar-refractivity contribution in [2.45, 2.75) is 26.3 Å². The van der Waals surface area contributed by atoms with Crippen LogP contribution < -0.4 is 10.1 Å². The standard InChI is InChI=1S/C16H20BrNOS/c1-4-18-15(9-13-8-12(17)10-20-13)14-6-5-11(2)7-16(14)19-3/h5-8,10,15,18H,4,9H2,1-3H3. The Bertz CT molecular complexity index is 567. The van der Waals surface area contributed by atoms with E-state index in [0.717, 1.165) is 23.2 Å². The van der Waals surface area contributed by atoms with Gasteiger partial charge in [0, 0.05) is 32.8 Å². The van der Waals surface area contributed by atoms with Gasteiger partial charge in [0.2, 0.25) is 0 Å². The molecule has 1 N–H and O–H groups in total. The van der Waals surface area contributed by atoms with Crippen molar-refractivity contribution in [3.05, 3.63) is 50.1 Å². The second kappa shape index (κ2) is 7.25. The van der Waals surface area contributed by atoms with Gasteiger partial charge in [-0.1, -0.05) is 19.1 Å². The summed E-state index contributed by atoms with van der Waals surface area (Å²) in [6.07, 6.45) is 0.976. The first-order chi connectivity index (χ1) is 9.63. The van der Waals surface area contributed by atoms with E-state index in [1.54, 1.807) is 18.4 Å². The number of benzene rings is 1. The molecule has 1 heterocycles. The Morgan fingerprint density at radius 2 is 2.15 bits per heavy atom. The average molecular weight is 354 g/mol. The van der Waals surface area contributed by atoms with Crippen molar-refractivity contribution in [1.82, 2.24) is 5.32 Å². The lowest BCUT2D eigenvalue weighted by Gasteiger charge is -2.20. The molecule has 4 heteroatoms. The van der Waals surface area contributed by atoms with E-state index in [0.29, 0.717) is 0 Å². The van der Waals surface area contributed by atoms with Gasteiger partial charge in [0.25, 0.3) is 0 Å². The number of aryl methyl sites for hydroxylation is 1. The Morgan fingerprint density at radius 3 is 2.75 bits per heavy atom. The molecule has 20 heavy (non-hydrogen) atoms. The summed E-state index contributed by atoms with van der Waals surface area (Å²) in [7, 11) is 1.74. The van der Waals surface area contributed by atoms with Gasteiger partial charge in [0.05, 0.1) is 7.11 Å². The first-order valence-electron chi connectivity index (χ1n) is 6.75. The van der Waals surface area contributed by atoms with Crippen LogP contribution in [0, 0.1) is 6.92 Å². The molecule has 2 nitrogen and oxygen atoms in total. The lowest BCUT2D eigenvalue weighted by Crippen LogP contribution is -2.23. The van der Waals surface area contributed by atoms with Crippen LogP contribution in [0.2, 0.25) is 0 Å². The summed E-state index contributed by atoms with van der Waals surface area (Å²) in [5.74, 6) is 0.964. The summed E-state index contributed by atoms with van der Waals surface area (Å²) in [6.45, 7) is 5.16. The molecule has 2 rings (SSSR count). The molecule has 1 aromatic carbocycles. The highest BCUT2D eigenvalue weighted by Crippen LogP contribution is 2.31. The molecule has 0 radical (unpaired) electrons. The zero-order chi connectivity index (χ0) is 14.5. The Morgan fingerprint density at radius 1 is 1.35 bits per heavy atom. The Hall–Kier alpha value is -0.840. The number of halogens is 1. The molecule has 1 unspecified atom stereocenters. The number of methoxy groups -OCH3 is 1. The van der Waals surface area contributed by atoms with Crippen LogP contribution in [-0.2, 0) is 6.42 Å². The lowest BCUT2D eigenvalue weighted by molar-refractivity contribution is 0.399. The Balaban J connectivity index is 2.28. The molecule has 0 saturated heterocycles. The van der Waals surface area contributed by atoms with E-state index in [2.05, 4.69) is 64.7 Å². The minimum Gasteiger partial charge on any atom is -0.496 e. The average Bonchev–Trinajstić information content (AvgIpc) is 2.83. The molecule has 0 amide bonds. The zero-order valence-electron chi connectivity index (χ0n) is 12.1. The topological polar surface area (TPSA) is 21.3 Å². The van der Waals surface area contributed by atoms with E-state index >= 15 is 0 Å². The van der Waals surface area contributed by atoms with E-state index in [9.17, 15) is 0 Å². The second-order valence-corrected chi connectivity index (χ2v) is 6.70. The number of nitrogens with one attached hydrogen (secondary N) is 1. The fourth-order valence-corrected chi connectivity index (χ4v) is 3.80. The molecule has 0 aliphatic carbocycles. The molecule has 0 aliphatic heterocycles. The number of hydrogen-bond acceptors (Lipinski definition) is 3. The summed E-state index contributed by atoms with van der Waals surface area (Å²) < 4.78 is 6.71. The summed E-state index contributed by atoms with van der Waals surface area (Å²) in [4.78, 5) is 1.37. The minimum absolute atomic E-state index is 0.279. The summed E-state index contributed by atoms with van der Waals surface area (Å²) >= 11 is 5.31. The van der Waals surface area contributed by atoms with Gasteiger partial charge in [-0.05, 0) is 47.1 Å². The number of hydrogen-bond donors (Lipinski definition) is 1. The van der Waals surface area contributed by atoms with Gasteiger partial charge in [-0.3, -0.25) is 0 Å². The maximum Gasteiger partial charge on any atom is 0.123 e. The Kier molecular flexibility index (Phi) is 5.64. The number of likely N-dealkylation sites (N-methyl/N-ethyl adjacent to an activating group) is 1. The lowest BCUT2D eigenvalue weighted by atomic mass is 10.00. The van der Waals surface area contributed by atoms with Gasteiger partial charge in [0.1, 0.15) is 5.75 Å². The highest BCUT2D eigenvalue weighted by Gasteiger charge is 2.16. The van der Waals surface area contributed by atoms with Crippen LogP contribution in [-0.4, -0.2) is 13.7 Å². The molecule has 1 atom stereocenters. The molecule has 0 aliphatic rings. The highest BCUT2D eigenvalue weighted by atomic mass is 79.9. The smallest absolute Gasteiger partial charge is 0.123 e. The maximum absolute atomic E-state index is 5.55. The van der Waals surface area contributed by atoms with Gasteiger partial charge < -0.3 is 10.1 Å². The van der Waals surface area contributed by atoms with Crippen LogP contribution in [0.1, 0.15) is 29.0 Å². The van der Waals surface area contributed by atoms with E-state index < -0.39 is 0 Å². The molecule has 0 saturated carbocycles. The molecule has 1 aromatic heterocycles. The summed E-state index contributed by atoms with van der Waals surface area (Å²) in [5.41, 5.74) is 2.45. The van der Waals surface area contributed by atoms with Gasteiger partial charge in [0.15, 0.2) is 0 Å². The van der Waals surface area contributed by atoms with Gasteiger partial charge >= 0.3 is 0 Å². The highest BCUT2D eigenvalue weighted by molar-refractivity contribution is 9.10. The van der Waals surface area contributed by atoms with E-state index in [1.165, 1.54) is 16.0 Å². The third kappa shape index (κ3) is 3.84. The van der Waals surface area contributed by atoms with Gasteiger partial charge in [-0.25, -0.2) is 0 Å². The predicted molar refractivity (Wildman–Crippen MR) is 89.9 cm³/mol. The molecule has 108 valence electrons.